The van der Waals surface area contributed by atoms with E-state index in [1.165, 1.54) is 30.0 Å². The summed E-state index contributed by atoms with van der Waals surface area (Å²) in [5, 5.41) is 3.54. The molecule has 0 aliphatic carbocycles. The largest absolute Gasteiger partial charge is 0.494 e. The van der Waals surface area contributed by atoms with Crippen LogP contribution in [0.4, 0.5) is 0 Å². The molecule has 3 rings (SSSR count). The van der Waals surface area contributed by atoms with E-state index in [1.54, 1.807) is 0 Å². The van der Waals surface area contributed by atoms with E-state index in [0.717, 1.165) is 49.1 Å². The molecule has 3 nitrogen and oxygen atoms in total. The van der Waals surface area contributed by atoms with Gasteiger partial charge in [-0.3, -0.25) is 0 Å². The Labute approximate surface area is 156 Å². The molecule has 1 heterocycles. The molecule has 0 bridgehead atoms. The number of hydrogen-bond donors (Lipinski definition) is 0. The van der Waals surface area contributed by atoms with Crippen molar-refractivity contribution >= 4 is 21.7 Å². The second-order valence-electron chi connectivity index (χ2n) is 6.78. The lowest BCUT2D eigenvalue weighted by Gasteiger charge is -2.10. The number of ether oxygens (including phenoxy) is 2. The number of aromatic nitrogens is 1. The molecule has 0 saturated heterocycles. The Morgan fingerprint density at radius 1 is 0.731 bits per heavy atom. The molecule has 0 fully saturated rings. The maximum atomic E-state index is 5.91. The molecule has 0 N–H and O–H groups in total. The van der Waals surface area contributed by atoms with Gasteiger partial charge in [-0.2, -0.15) is 0 Å². The molecule has 0 atom stereocenters. The molecular formula is C23H29NO2. The Morgan fingerprint density at radius 2 is 1.54 bits per heavy atom. The van der Waals surface area contributed by atoms with Crippen LogP contribution < -0.4 is 9.47 Å². The highest BCUT2D eigenvalue weighted by Crippen LogP contribution is 2.29. The average molecular weight is 351 g/mol. The minimum Gasteiger partial charge on any atom is -0.494 e. The van der Waals surface area contributed by atoms with Crippen molar-refractivity contribution < 1.29 is 9.47 Å². The van der Waals surface area contributed by atoms with Crippen molar-refractivity contribution in [1.82, 2.24) is 4.98 Å². The van der Waals surface area contributed by atoms with Gasteiger partial charge in [0.2, 0.25) is 5.88 Å². The number of hydrogen-bond acceptors (Lipinski definition) is 3. The lowest BCUT2D eigenvalue weighted by Crippen LogP contribution is -1.98. The average Bonchev–Trinajstić information content (AvgIpc) is 2.67. The Morgan fingerprint density at radius 3 is 2.38 bits per heavy atom. The van der Waals surface area contributed by atoms with Crippen LogP contribution in [-0.2, 0) is 0 Å². The van der Waals surface area contributed by atoms with Crippen molar-refractivity contribution in [1.29, 1.82) is 0 Å². The van der Waals surface area contributed by atoms with Gasteiger partial charge < -0.3 is 9.47 Å². The van der Waals surface area contributed by atoms with E-state index >= 15 is 0 Å². The lowest BCUT2D eigenvalue weighted by molar-refractivity contribution is 0.299. The van der Waals surface area contributed by atoms with E-state index < -0.39 is 0 Å². The van der Waals surface area contributed by atoms with Crippen LogP contribution >= 0.6 is 0 Å². The summed E-state index contributed by atoms with van der Waals surface area (Å²) >= 11 is 0. The summed E-state index contributed by atoms with van der Waals surface area (Å²) in [6.07, 6.45) is 7.07. The molecule has 2 aromatic carbocycles. The van der Waals surface area contributed by atoms with Crippen molar-refractivity contribution in [2.24, 2.45) is 0 Å². The monoisotopic (exact) mass is 351 g/mol. The summed E-state index contributed by atoms with van der Waals surface area (Å²) in [6.45, 7) is 5.90. The summed E-state index contributed by atoms with van der Waals surface area (Å²) in [5.74, 6) is 1.65. The van der Waals surface area contributed by atoms with Crippen molar-refractivity contribution in [3.8, 4) is 11.6 Å². The van der Waals surface area contributed by atoms with Gasteiger partial charge in [0.05, 0.1) is 18.7 Å². The molecule has 0 unspecified atom stereocenters. The third-order valence-electron chi connectivity index (χ3n) is 4.65. The molecular weight excluding hydrogens is 322 g/mol. The Balaban J connectivity index is 1.74. The molecule has 1 aromatic heterocycles. The standard InChI is InChI=1S/C23H29NO2/c1-3-5-7-8-16-25-19-10-11-20-18(17-19)9-13-22-21(20)12-14-23(24-22)26-15-6-4-2/h9-14,17H,3-8,15-16H2,1-2H3. The second kappa shape index (κ2) is 9.42. The highest BCUT2D eigenvalue weighted by molar-refractivity contribution is 6.06. The van der Waals surface area contributed by atoms with Gasteiger partial charge in [0.1, 0.15) is 5.75 Å². The van der Waals surface area contributed by atoms with Crippen LogP contribution in [0.15, 0.2) is 42.5 Å². The number of rotatable bonds is 10. The fraction of sp³-hybridized carbons (Fsp3) is 0.435. The van der Waals surface area contributed by atoms with Gasteiger partial charge >= 0.3 is 0 Å². The quantitative estimate of drug-likeness (QED) is 0.307. The molecule has 0 spiro atoms. The first-order chi connectivity index (χ1) is 12.8. The third kappa shape index (κ3) is 4.66. The van der Waals surface area contributed by atoms with Crippen LogP contribution in [0.1, 0.15) is 52.4 Å². The van der Waals surface area contributed by atoms with Gasteiger partial charge in [-0.25, -0.2) is 4.98 Å². The number of unbranched alkanes of at least 4 members (excludes halogenated alkanes) is 4. The predicted octanol–water partition coefficient (Wildman–Crippen LogP) is 6.53. The van der Waals surface area contributed by atoms with Crippen LogP contribution in [0.5, 0.6) is 11.6 Å². The zero-order valence-electron chi connectivity index (χ0n) is 16.0. The van der Waals surface area contributed by atoms with Gasteiger partial charge in [-0.15, -0.1) is 0 Å². The molecule has 0 amide bonds. The zero-order chi connectivity index (χ0) is 18.2. The van der Waals surface area contributed by atoms with Crippen molar-refractivity contribution in [3.05, 3.63) is 42.5 Å². The number of pyridine rings is 1. The summed E-state index contributed by atoms with van der Waals surface area (Å²) in [7, 11) is 0. The van der Waals surface area contributed by atoms with Gasteiger partial charge in [0.25, 0.3) is 0 Å². The van der Waals surface area contributed by atoms with Crippen LogP contribution in [0, 0.1) is 0 Å². The molecule has 0 saturated carbocycles. The Bertz CT molecular complexity index is 844. The van der Waals surface area contributed by atoms with E-state index in [4.69, 9.17) is 9.47 Å². The fourth-order valence-electron chi connectivity index (χ4n) is 3.11. The van der Waals surface area contributed by atoms with Crippen LogP contribution in [-0.4, -0.2) is 18.2 Å². The van der Waals surface area contributed by atoms with Crippen LogP contribution in [0.3, 0.4) is 0 Å². The summed E-state index contributed by atoms with van der Waals surface area (Å²) < 4.78 is 11.6. The smallest absolute Gasteiger partial charge is 0.213 e. The number of nitrogens with zero attached hydrogens (tertiary/aromatic N) is 1. The predicted molar refractivity (Wildman–Crippen MR) is 109 cm³/mol. The van der Waals surface area contributed by atoms with E-state index in [1.807, 2.05) is 6.07 Å². The van der Waals surface area contributed by atoms with Gasteiger partial charge in [-0.05, 0) is 47.9 Å². The highest BCUT2D eigenvalue weighted by atomic mass is 16.5. The van der Waals surface area contributed by atoms with Crippen molar-refractivity contribution in [2.45, 2.75) is 52.4 Å². The van der Waals surface area contributed by atoms with Crippen LogP contribution in [0.25, 0.3) is 21.7 Å². The van der Waals surface area contributed by atoms with E-state index in [0.29, 0.717) is 5.88 Å². The molecule has 138 valence electrons. The summed E-state index contributed by atoms with van der Waals surface area (Å²) in [6, 6.07) is 14.6. The Kier molecular flexibility index (Phi) is 6.70. The molecule has 3 heteroatoms. The highest BCUT2D eigenvalue weighted by Gasteiger charge is 2.05. The first-order valence-electron chi connectivity index (χ1n) is 9.91. The zero-order valence-corrected chi connectivity index (χ0v) is 16.0. The summed E-state index contributed by atoms with van der Waals surface area (Å²) in [4.78, 5) is 4.64. The van der Waals surface area contributed by atoms with E-state index in [9.17, 15) is 0 Å². The second-order valence-corrected chi connectivity index (χ2v) is 6.78. The number of fused-ring (bicyclic) bond motifs is 3. The molecule has 26 heavy (non-hydrogen) atoms. The van der Waals surface area contributed by atoms with Gasteiger partial charge in [0, 0.05) is 11.5 Å². The third-order valence-corrected chi connectivity index (χ3v) is 4.65. The topological polar surface area (TPSA) is 31.4 Å². The summed E-state index contributed by atoms with van der Waals surface area (Å²) in [5.41, 5.74) is 0.972. The minimum absolute atomic E-state index is 0.706. The molecule has 0 aliphatic heterocycles. The van der Waals surface area contributed by atoms with Crippen LogP contribution in [0.2, 0.25) is 0 Å². The first kappa shape index (κ1) is 18.5. The van der Waals surface area contributed by atoms with Crippen molar-refractivity contribution in [3.63, 3.8) is 0 Å². The van der Waals surface area contributed by atoms with Gasteiger partial charge in [-0.1, -0.05) is 51.7 Å². The normalized spacial score (nSPS) is 11.2. The van der Waals surface area contributed by atoms with E-state index in [2.05, 4.69) is 55.2 Å². The molecule has 0 radical (unpaired) electrons. The minimum atomic E-state index is 0.706. The fourth-order valence-corrected chi connectivity index (χ4v) is 3.11. The lowest BCUT2D eigenvalue weighted by atomic mass is 10.0. The Hall–Kier alpha value is -2.29. The number of benzene rings is 2. The maximum absolute atomic E-state index is 5.91. The first-order valence-corrected chi connectivity index (χ1v) is 9.91. The van der Waals surface area contributed by atoms with Gasteiger partial charge in [0.15, 0.2) is 0 Å². The molecule has 0 aliphatic rings. The van der Waals surface area contributed by atoms with Crippen molar-refractivity contribution in [2.75, 3.05) is 13.2 Å². The maximum Gasteiger partial charge on any atom is 0.213 e. The molecule has 3 aromatic rings. The van der Waals surface area contributed by atoms with E-state index in [-0.39, 0.29) is 0 Å². The SMILES string of the molecule is CCCCCCOc1ccc2c(ccc3nc(OCCCC)ccc32)c1.